The molecule has 0 radical (unpaired) electrons. The molecule has 0 aromatic heterocycles. The third kappa shape index (κ3) is 2.98. The van der Waals surface area contributed by atoms with Crippen LogP contribution >= 0.6 is 0 Å². The molecule has 1 unspecified atom stereocenters. The zero-order valence-electron chi connectivity index (χ0n) is 11.2. The van der Waals surface area contributed by atoms with Crippen molar-refractivity contribution in [3.8, 4) is 6.07 Å². The van der Waals surface area contributed by atoms with E-state index >= 15 is 0 Å². The lowest BCUT2D eigenvalue weighted by Crippen LogP contribution is -2.37. The van der Waals surface area contributed by atoms with Crippen LogP contribution in [0.25, 0.3) is 0 Å². The van der Waals surface area contributed by atoms with E-state index in [1.54, 1.807) is 0 Å². The maximum atomic E-state index is 13.4. The van der Waals surface area contributed by atoms with E-state index in [-0.39, 0.29) is 0 Å². The number of hydrogen-bond donors (Lipinski definition) is 1. The van der Waals surface area contributed by atoms with Crippen LogP contribution in [-0.2, 0) is 9.59 Å². The fourth-order valence-electron chi connectivity index (χ4n) is 1.39. The molecule has 1 aromatic rings. The van der Waals surface area contributed by atoms with E-state index in [2.05, 4.69) is 0 Å². The minimum Gasteiger partial charge on any atom is -0.347 e. The average molecular weight is 321 g/mol. The van der Waals surface area contributed by atoms with Gasteiger partial charge in [0, 0.05) is 14.1 Å². The summed E-state index contributed by atoms with van der Waals surface area (Å²) < 4.78 is 65.5. The molecule has 0 aliphatic heterocycles. The summed E-state index contributed by atoms with van der Waals surface area (Å²) in [5.74, 6) is -16.0. The second kappa shape index (κ2) is 6.38. The first-order valence-electron chi connectivity index (χ1n) is 5.56. The minimum atomic E-state index is -2.39. The largest absolute Gasteiger partial charge is 0.347 e. The minimum absolute atomic E-state index is 0.853. The van der Waals surface area contributed by atoms with E-state index in [1.807, 2.05) is 0 Å². The molecular weight excluding hydrogens is 313 g/mol. The van der Waals surface area contributed by atoms with Crippen LogP contribution in [0.1, 0.15) is 0 Å². The number of amides is 2. The summed E-state index contributed by atoms with van der Waals surface area (Å²) in [4.78, 5) is 24.0. The summed E-state index contributed by atoms with van der Waals surface area (Å²) in [5, 5.41) is 10.1. The Morgan fingerprint density at radius 3 is 1.77 bits per heavy atom. The van der Waals surface area contributed by atoms with Crippen molar-refractivity contribution in [3.05, 3.63) is 29.1 Å². The molecule has 0 bridgehead atoms. The van der Waals surface area contributed by atoms with Crippen LogP contribution in [0.4, 0.5) is 27.6 Å². The number of carbonyl (C=O) groups excluding carboxylic acids is 2. The van der Waals surface area contributed by atoms with Crippen LogP contribution in [0, 0.1) is 46.3 Å². The van der Waals surface area contributed by atoms with E-state index in [4.69, 9.17) is 5.26 Å². The van der Waals surface area contributed by atoms with Crippen molar-refractivity contribution in [1.29, 1.82) is 5.26 Å². The second-order valence-electron chi connectivity index (χ2n) is 4.23. The van der Waals surface area contributed by atoms with Gasteiger partial charge in [0.2, 0.25) is 17.6 Å². The smallest absolute Gasteiger partial charge is 0.251 e. The van der Waals surface area contributed by atoms with Crippen LogP contribution in [0.3, 0.4) is 0 Å². The van der Waals surface area contributed by atoms with Crippen molar-refractivity contribution in [1.82, 2.24) is 4.90 Å². The molecule has 0 saturated carbocycles. The van der Waals surface area contributed by atoms with Gasteiger partial charge < -0.3 is 10.2 Å². The maximum absolute atomic E-state index is 13.4. The maximum Gasteiger partial charge on any atom is 0.251 e. The van der Waals surface area contributed by atoms with Crippen LogP contribution < -0.4 is 5.32 Å². The normalized spacial score (nSPS) is 11.5. The molecule has 22 heavy (non-hydrogen) atoms. The van der Waals surface area contributed by atoms with Gasteiger partial charge in [0.05, 0.1) is 6.07 Å². The summed E-state index contributed by atoms with van der Waals surface area (Å²) in [7, 11) is 2.41. The van der Waals surface area contributed by atoms with Gasteiger partial charge in [-0.05, 0) is 0 Å². The molecule has 1 atom stereocenters. The lowest BCUT2D eigenvalue weighted by molar-refractivity contribution is -0.136. The van der Waals surface area contributed by atoms with E-state index in [1.165, 1.54) is 25.5 Å². The molecule has 0 saturated heterocycles. The highest BCUT2D eigenvalue weighted by molar-refractivity contribution is 6.08. The van der Waals surface area contributed by atoms with Gasteiger partial charge in [0.15, 0.2) is 23.3 Å². The summed E-state index contributed by atoms with van der Waals surface area (Å²) in [6.45, 7) is 0. The summed E-state index contributed by atoms with van der Waals surface area (Å²) >= 11 is 0. The Labute approximate surface area is 120 Å². The molecule has 1 N–H and O–H groups in total. The van der Waals surface area contributed by atoms with Crippen LogP contribution in [0.2, 0.25) is 0 Å². The van der Waals surface area contributed by atoms with E-state index < -0.39 is 52.5 Å². The van der Waals surface area contributed by atoms with Crippen LogP contribution in [0.15, 0.2) is 0 Å². The first-order valence-corrected chi connectivity index (χ1v) is 5.56. The molecule has 1 rings (SSSR count). The topological polar surface area (TPSA) is 73.2 Å². The first-order chi connectivity index (χ1) is 10.1. The zero-order valence-corrected chi connectivity index (χ0v) is 11.2. The molecule has 2 amide bonds. The lowest BCUT2D eigenvalue weighted by atomic mass is 10.1. The number of rotatable bonds is 3. The highest BCUT2D eigenvalue weighted by atomic mass is 19.2. The number of nitrogens with zero attached hydrogens (tertiary/aromatic N) is 2. The van der Waals surface area contributed by atoms with Gasteiger partial charge >= 0.3 is 0 Å². The Morgan fingerprint density at radius 1 is 1.00 bits per heavy atom. The fraction of sp³-hybridized carbons (Fsp3) is 0.250. The molecule has 118 valence electrons. The van der Waals surface area contributed by atoms with Gasteiger partial charge in [-0.1, -0.05) is 0 Å². The van der Waals surface area contributed by atoms with Gasteiger partial charge in [-0.3, -0.25) is 9.59 Å². The second-order valence-corrected chi connectivity index (χ2v) is 4.23. The Kier molecular flexibility index (Phi) is 5.03. The third-order valence-electron chi connectivity index (χ3n) is 2.54. The Bertz CT molecular complexity index is 655. The van der Waals surface area contributed by atoms with Crippen molar-refractivity contribution in [2.45, 2.75) is 0 Å². The molecule has 0 spiro atoms. The molecule has 1 aromatic carbocycles. The van der Waals surface area contributed by atoms with E-state index in [0.29, 0.717) is 0 Å². The number of nitrogens with one attached hydrogen (secondary N) is 1. The van der Waals surface area contributed by atoms with Crippen molar-refractivity contribution < 1.29 is 31.5 Å². The van der Waals surface area contributed by atoms with E-state index in [0.717, 1.165) is 4.90 Å². The van der Waals surface area contributed by atoms with E-state index in [9.17, 15) is 31.5 Å². The average Bonchev–Trinajstić information content (AvgIpc) is 2.48. The predicted octanol–water partition coefficient (Wildman–Crippen LogP) is 1.55. The molecule has 0 aliphatic carbocycles. The van der Waals surface area contributed by atoms with Gasteiger partial charge in [-0.2, -0.15) is 5.26 Å². The lowest BCUT2D eigenvalue weighted by Gasteiger charge is -2.15. The molecule has 0 aliphatic rings. The highest BCUT2D eigenvalue weighted by Gasteiger charge is 2.32. The number of halogens is 5. The number of nitriles is 1. The van der Waals surface area contributed by atoms with Crippen molar-refractivity contribution in [3.63, 3.8) is 0 Å². The zero-order chi connectivity index (χ0) is 17.2. The number of hydrogen-bond acceptors (Lipinski definition) is 3. The molecule has 0 fully saturated rings. The quantitative estimate of drug-likeness (QED) is 0.397. The molecule has 0 heterocycles. The van der Waals surface area contributed by atoms with Gasteiger partial charge in [-0.25, -0.2) is 22.0 Å². The third-order valence-corrected chi connectivity index (χ3v) is 2.54. The Morgan fingerprint density at radius 2 is 1.41 bits per heavy atom. The van der Waals surface area contributed by atoms with Crippen molar-refractivity contribution >= 4 is 17.5 Å². The first kappa shape index (κ1) is 17.4. The Balaban J connectivity index is 3.23. The summed E-state index contributed by atoms with van der Waals surface area (Å²) in [6.07, 6.45) is 0. The number of carbonyl (C=O) groups is 2. The SMILES string of the molecule is CN(C)C(=O)C(C#N)C(=O)Nc1c(F)c(F)c(F)c(F)c1F. The highest BCUT2D eigenvalue weighted by Crippen LogP contribution is 2.27. The van der Waals surface area contributed by atoms with Gasteiger partial charge in [0.25, 0.3) is 5.91 Å². The fourth-order valence-corrected chi connectivity index (χ4v) is 1.39. The number of benzene rings is 1. The number of anilines is 1. The van der Waals surface area contributed by atoms with Crippen molar-refractivity contribution in [2.24, 2.45) is 5.92 Å². The van der Waals surface area contributed by atoms with Gasteiger partial charge in [0.1, 0.15) is 5.69 Å². The van der Waals surface area contributed by atoms with Crippen LogP contribution in [-0.4, -0.2) is 30.8 Å². The molecule has 5 nitrogen and oxygen atoms in total. The summed E-state index contributed by atoms with van der Waals surface area (Å²) in [6, 6.07) is 1.27. The van der Waals surface area contributed by atoms with Crippen LogP contribution in [0.5, 0.6) is 0 Å². The molecular formula is C12H8F5N3O2. The van der Waals surface area contributed by atoms with Crippen molar-refractivity contribution in [2.75, 3.05) is 19.4 Å². The Hall–Kier alpha value is -2.70. The predicted molar refractivity (Wildman–Crippen MR) is 62.7 cm³/mol. The summed E-state index contributed by atoms with van der Waals surface area (Å²) in [5.41, 5.74) is -1.63. The molecule has 10 heteroatoms. The standard InChI is InChI=1S/C12H8F5N3O2/c1-20(2)12(22)4(3-18)11(21)19-10-8(16)6(14)5(13)7(15)9(10)17/h4H,1-2H3,(H,19,21). The van der Waals surface area contributed by atoms with Gasteiger partial charge in [-0.15, -0.1) is 0 Å². The monoisotopic (exact) mass is 321 g/mol.